The van der Waals surface area contributed by atoms with Crippen LogP contribution in [0.5, 0.6) is 0 Å². The third kappa shape index (κ3) is 6.69. The van der Waals surface area contributed by atoms with Gasteiger partial charge in [0.15, 0.2) is 0 Å². The molecule has 3 aromatic rings. The van der Waals surface area contributed by atoms with Crippen molar-refractivity contribution in [1.82, 2.24) is 0 Å². The number of fused-ring (bicyclic) bond motifs is 6. The van der Waals surface area contributed by atoms with Gasteiger partial charge in [-0.2, -0.15) is 0 Å². The Morgan fingerprint density at radius 3 is 1.07 bits per heavy atom. The van der Waals surface area contributed by atoms with Gasteiger partial charge in [0.2, 0.25) is 0 Å². The monoisotopic (exact) mass is 650 g/mol. The minimum Gasteiger partial charge on any atom is -0.126 e. The zero-order chi connectivity index (χ0) is 32.6. The van der Waals surface area contributed by atoms with E-state index in [4.69, 9.17) is 12.8 Å². The van der Waals surface area contributed by atoms with Gasteiger partial charge in [-0.05, 0) is 83.3 Å². The van der Waals surface area contributed by atoms with E-state index < -0.39 is 0 Å². The first-order valence-corrected chi connectivity index (χ1v) is 20.6. The summed E-state index contributed by atoms with van der Waals surface area (Å²) in [6.45, 7) is 9.30. The van der Waals surface area contributed by atoms with Crippen molar-refractivity contribution < 1.29 is 0 Å². The molecule has 2 aliphatic rings. The van der Waals surface area contributed by atoms with E-state index >= 15 is 0 Å². The molecule has 0 nitrogen and oxygen atoms in total. The third-order valence-electron chi connectivity index (χ3n) is 11.3. The van der Waals surface area contributed by atoms with Crippen LogP contribution in [0.2, 0.25) is 0 Å². The number of benzene rings is 1. The second-order valence-electron chi connectivity index (χ2n) is 14.3. The van der Waals surface area contributed by atoms with E-state index in [0.717, 1.165) is 9.75 Å². The van der Waals surface area contributed by atoms with Crippen LogP contribution in [0.1, 0.15) is 188 Å². The molecule has 2 heterocycles. The van der Waals surface area contributed by atoms with E-state index in [1.165, 1.54) is 149 Å². The van der Waals surface area contributed by atoms with Crippen LogP contribution in [0, 0.1) is 24.7 Å². The highest BCUT2D eigenvalue weighted by Crippen LogP contribution is 2.63. The molecule has 246 valence electrons. The summed E-state index contributed by atoms with van der Waals surface area (Å²) in [5, 5.41) is 0. The van der Waals surface area contributed by atoms with Crippen LogP contribution in [-0.4, -0.2) is 0 Å². The maximum Gasteiger partial charge on any atom is 0.0775 e. The molecule has 0 spiro atoms. The standard InChI is InChI=1S/C44H58S2/c1-7-13-17-21-25-43(26-22-18-14-8-2)37-31-36-38(32-35(37)41-39(43)29-33(11-5)45-41)44(27-23-19-15-9-3,28-24-20-16-10-4)40-30-34(12-6)46-42(36)40/h5-6,29-32H,7-10,13-28H2,1-4H3. The van der Waals surface area contributed by atoms with Crippen LogP contribution < -0.4 is 0 Å². The van der Waals surface area contributed by atoms with Gasteiger partial charge in [0.25, 0.3) is 0 Å². The lowest BCUT2D eigenvalue weighted by Gasteiger charge is -2.34. The van der Waals surface area contributed by atoms with Gasteiger partial charge in [-0.1, -0.05) is 142 Å². The van der Waals surface area contributed by atoms with Crippen LogP contribution in [0.15, 0.2) is 24.3 Å². The van der Waals surface area contributed by atoms with E-state index in [-0.39, 0.29) is 10.8 Å². The SMILES string of the molecule is C#Cc1cc2c(s1)-c1cc3c(cc1C2(CCCCCC)CCCCCC)-c1sc(C#C)cc1C3(CCCCCC)CCCCCC. The first kappa shape index (κ1) is 35.1. The van der Waals surface area contributed by atoms with E-state index in [0.29, 0.717) is 0 Å². The molecule has 2 aromatic heterocycles. The van der Waals surface area contributed by atoms with Crippen molar-refractivity contribution in [1.29, 1.82) is 0 Å². The van der Waals surface area contributed by atoms with Crippen LogP contribution in [0.25, 0.3) is 20.9 Å². The number of thiophene rings is 2. The first-order chi connectivity index (χ1) is 22.5. The fourth-order valence-electron chi connectivity index (χ4n) is 8.83. The largest absolute Gasteiger partial charge is 0.126 e. The molecule has 0 bridgehead atoms. The summed E-state index contributed by atoms with van der Waals surface area (Å²) in [5.41, 5.74) is 9.42. The Hall–Kier alpha value is -2.26. The molecule has 2 aliphatic carbocycles. The number of hydrogen-bond acceptors (Lipinski definition) is 2. The van der Waals surface area contributed by atoms with Gasteiger partial charge in [0.1, 0.15) is 0 Å². The van der Waals surface area contributed by atoms with Gasteiger partial charge in [-0.15, -0.1) is 35.5 Å². The Morgan fingerprint density at radius 1 is 0.457 bits per heavy atom. The van der Waals surface area contributed by atoms with Crippen molar-refractivity contribution in [2.75, 3.05) is 0 Å². The summed E-state index contributed by atoms with van der Waals surface area (Å²) in [4.78, 5) is 5.15. The summed E-state index contributed by atoms with van der Waals surface area (Å²) in [6, 6.07) is 10.2. The average Bonchev–Trinajstić information content (AvgIpc) is 3.81. The fourth-order valence-corrected chi connectivity index (χ4v) is 11.0. The van der Waals surface area contributed by atoms with Gasteiger partial charge in [-0.25, -0.2) is 0 Å². The predicted octanol–water partition coefficient (Wildman–Crippen LogP) is 14.2. The molecular formula is C44H58S2. The molecule has 0 unspecified atom stereocenters. The van der Waals surface area contributed by atoms with Crippen LogP contribution in [0.4, 0.5) is 0 Å². The zero-order valence-corrected chi connectivity index (χ0v) is 31.1. The molecule has 0 atom stereocenters. The number of unbranched alkanes of at least 4 members (excludes halogenated alkanes) is 12. The normalized spacial score (nSPS) is 14.8. The summed E-state index contributed by atoms with van der Waals surface area (Å²) >= 11 is 3.76. The Morgan fingerprint density at radius 2 is 0.783 bits per heavy atom. The van der Waals surface area contributed by atoms with Crippen molar-refractivity contribution >= 4 is 22.7 Å². The molecule has 5 rings (SSSR count). The Balaban J connectivity index is 1.69. The van der Waals surface area contributed by atoms with Gasteiger partial charge in [-0.3, -0.25) is 0 Å². The second kappa shape index (κ2) is 16.2. The van der Waals surface area contributed by atoms with Crippen molar-refractivity contribution in [3.63, 3.8) is 0 Å². The van der Waals surface area contributed by atoms with Crippen molar-refractivity contribution in [2.24, 2.45) is 0 Å². The van der Waals surface area contributed by atoms with Crippen LogP contribution >= 0.6 is 22.7 Å². The average molecular weight is 651 g/mol. The fraction of sp³-hybridized carbons (Fsp3) is 0.591. The van der Waals surface area contributed by atoms with E-state index in [2.05, 4.69) is 63.8 Å². The lowest BCUT2D eigenvalue weighted by atomic mass is 9.68. The summed E-state index contributed by atoms with van der Waals surface area (Å²) in [6.07, 6.45) is 37.9. The first-order valence-electron chi connectivity index (χ1n) is 18.9. The molecular weight excluding hydrogens is 593 g/mol. The molecule has 1 aromatic carbocycles. The summed E-state index contributed by atoms with van der Waals surface area (Å²) in [7, 11) is 0. The second-order valence-corrected chi connectivity index (χ2v) is 16.5. The molecule has 0 radical (unpaired) electrons. The molecule has 0 amide bonds. The summed E-state index contributed by atoms with van der Waals surface area (Å²) in [5.74, 6) is 6.10. The minimum atomic E-state index is 0.0622. The van der Waals surface area contributed by atoms with Gasteiger partial charge in [0.05, 0.1) is 9.75 Å². The van der Waals surface area contributed by atoms with Crippen LogP contribution in [0.3, 0.4) is 0 Å². The molecule has 0 fully saturated rings. The Labute approximate surface area is 290 Å². The number of hydrogen-bond donors (Lipinski definition) is 0. The van der Waals surface area contributed by atoms with Gasteiger partial charge in [0, 0.05) is 20.6 Å². The molecule has 0 aliphatic heterocycles. The van der Waals surface area contributed by atoms with Crippen LogP contribution in [-0.2, 0) is 10.8 Å². The smallest absolute Gasteiger partial charge is 0.0775 e. The highest BCUT2D eigenvalue weighted by Gasteiger charge is 2.49. The Kier molecular flexibility index (Phi) is 12.4. The lowest BCUT2D eigenvalue weighted by molar-refractivity contribution is 0.398. The van der Waals surface area contributed by atoms with Gasteiger partial charge < -0.3 is 0 Å². The lowest BCUT2D eigenvalue weighted by Crippen LogP contribution is -2.27. The summed E-state index contributed by atoms with van der Waals surface area (Å²) < 4.78 is 0. The number of rotatable bonds is 20. The van der Waals surface area contributed by atoms with Gasteiger partial charge >= 0.3 is 0 Å². The third-order valence-corrected chi connectivity index (χ3v) is 13.5. The molecule has 0 N–H and O–H groups in total. The Bertz CT molecular complexity index is 1390. The molecule has 0 saturated heterocycles. The molecule has 46 heavy (non-hydrogen) atoms. The topological polar surface area (TPSA) is 0 Å². The van der Waals surface area contributed by atoms with Crippen molar-refractivity contribution in [2.45, 2.75) is 167 Å². The minimum absolute atomic E-state index is 0.0622. The number of terminal acetylenes is 2. The predicted molar refractivity (Wildman–Crippen MR) is 206 cm³/mol. The van der Waals surface area contributed by atoms with E-state index in [1.54, 1.807) is 22.3 Å². The maximum atomic E-state index is 6.11. The molecule has 0 saturated carbocycles. The highest BCUT2D eigenvalue weighted by atomic mass is 32.1. The highest BCUT2D eigenvalue weighted by molar-refractivity contribution is 7.16. The van der Waals surface area contributed by atoms with Crippen molar-refractivity contribution in [3.8, 4) is 45.6 Å². The van der Waals surface area contributed by atoms with Crippen molar-refractivity contribution in [3.05, 3.63) is 56.3 Å². The maximum absolute atomic E-state index is 6.11. The van der Waals surface area contributed by atoms with E-state index in [9.17, 15) is 0 Å². The quantitative estimate of drug-likeness (QED) is 0.0843. The zero-order valence-electron chi connectivity index (χ0n) is 29.4. The van der Waals surface area contributed by atoms with E-state index in [1.807, 2.05) is 22.7 Å². The molecule has 2 heteroatoms.